The standard InChI is InChI=1S/Hg.H3O3PS.Zn/c;1-4(2,3)5;/h;(H3,1,2,3,5);/q+1;;+2/p-3. The van der Waals surface area contributed by atoms with E-state index in [1.807, 2.05) is 0 Å². The Bertz CT molecular complexity index is 61.1. The molecule has 1 radical (unpaired) electrons. The molecule has 0 saturated heterocycles. The second kappa shape index (κ2) is 6.21. The van der Waals surface area contributed by atoms with Gasteiger partial charge in [-0.05, 0) is 0 Å². The Morgan fingerprint density at radius 3 is 1.14 bits per heavy atom. The molecule has 0 atom stereocenters. The second-order valence-electron chi connectivity index (χ2n) is 0.447. The minimum atomic E-state index is -4.56. The Hall–Kier alpha value is 2.09. The molecule has 0 fully saturated rings. The molecule has 7 heteroatoms. The predicted molar refractivity (Wildman–Crippen MR) is 14.3 cm³/mol. The van der Waals surface area contributed by atoms with E-state index < -0.39 is 6.72 Å². The van der Waals surface area contributed by atoms with E-state index in [1.54, 1.807) is 0 Å². The van der Waals surface area contributed by atoms with Gasteiger partial charge in [0.25, 0.3) is 0 Å². The van der Waals surface area contributed by atoms with Gasteiger partial charge in [-0.1, -0.05) is 0 Å². The summed E-state index contributed by atoms with van der Waals surface area (Å²) in [5, 5.41) is 0. The van der Waals surface area contributed by atoms with Crippen LogP contribution in [0, 0.1) is 0 Å². The van der Waals surface area contributed by atoms with Crippen LogP contribution in [0.5, 0.6) is 0 Å². The van der Waals surface area contributed by atoms with Crippen LogP contribution in [-0.4, -0.2) is 0 Å². The Balaban J connectivity index is -0.0000000800. The fourth-order valence-corrected chi connectivity index (χ4v) is 0. The third kappa shape index (κ3) is 68.7. The molecule has 0 aromatic heterocycles. The zero-order valence-corrected chi connectivity index (χ0v) is 13.7. The maximum Gasteiger partial charge on any atom is 2.00 e. The molecule has 0 rings (SSSR count). The van der Waals surface area contributed by atoms with E-state index in [1.165, 1.54) is 0 Å². The van der Waals surface area contributed by atoms with Crippen molar-refractivity contribution in [2.45, 2.75) is 0 Å². The monoisotopic (exact) mass is 377 g/mol. The van der Waals surface area contributed by atoms with Crippen LogP contribution in [0.2, 0.25) is 0 Å². The van der Waals surface area contributed by atoms with Crippen LogP contribution in [0.15, 0.2) is 0 Å². The van der Waals surface area contributed by atoms with Crippen molar-refractivity contribution in [3.05, 3.63) is 0 Å². The van der Waals surface area contributed by atoms with Gasteiger partial charge in [-0.25, -0.2) is 0 Å². The van der Waals surface area contributed by atoms with Crippen LogP contribution in [0.4, 0.5) is 0 Å². The molecule has 0 aliphatic heterocycles. The zero-order chi connectivity index (χ0) is 4.50. The van der Waals surface area contributed by atoms with Crippen LogP contribution in [0.3, 0.4) is 0 Å². The van der Waals surface area contributed by atoms with Crippen LogP contribution >= 0.6 is 6.72 Å². The fourth-order valence-electron chi connectivity index (χ4n) is 0. The first-order chi connectivity index (χ1) is 2.00. The maximum atomic E-state index is 8.92. The molecule has 0 heterocycles. The molecule has 0 spiro atoms. The van der Waals surface area contributed by atoms with Gasteiger partial charge in [-0.3, -0.25) is 0 Å². The average Bonchev–Trinajstić information content (AvgIpc) is 0.722. The van der Waals surface area contributed by atoms with E-state index >= 15 is 0 Å². The largest absolute Gasteiger partial charge is 2.00 e. The van der Waals surface area contributed by atoms with Crippen molar-refractivity contribution < 1.29 is 61.8 Å². The summed E-state index contributed by atoms with van der Waals surface area (Å²) in [6.45, 7) is -4.56. The smallest absolute Gasteiger partial charge is 0.844 e. The van der Waals surface area contributed by atoms with Crippen molar-refractivity contribution >= 4 is 18.5 Å². The molecule has 0 bridgehead atoms. The van der Waals surface area contributed by atoms with Crippen molar-refractivity contribution in [1.82, 2.24) is 0 Å². The predicted octanol–water partition coefficient (Wildman–Crippen LogP) is -2.71. The quantitative estimate of drug-likeness (QED) is 0.340. The fraction of sp³-hybridized carbons (Fsp3) is 0. The van der Waals surface area contributed by atoms with Crippen molar-refractivity contribution in [1.29, 1.82) is 0 Å². The van der Waals surface area contributed by atoms with Crippen molar-refractivity contribution in [3.63, 3.8) is 0 Å². The van der Waals surface area contributed by atoms with E-state index in [-0.39, 0.29) is 47.1 Å². The van der Waals surface area contributed by atoms with E-state index in [4.69, 9.17) is 14.7 Å². The molecule has 3 nitrogen and oxygen atoms in total. The minimum Gasteiger partial charge on any atom is -0.844 e. The van der Waals surface area contributed by atoms with Gasteiger partial charge < -0.3 is 21.4 Å². The molecule has 33 valence electrons. The first-order valence-electron chi connectivity index (χ1n) is 0.730. The normalized spacial score (nSPS) is 8.43. The molecule has 0 aromatic rings. The van der Waals surface area contributed by atoms with Gasteiger partial charge in [-0.15, -0.1) is 0 Å². The molecule has 0 aliphatic carbocycles. The Morgan fingerprint density at radius 1 is 1.14 bits per heavy atom. The van der Waals surface area contributed by atoms with Crippen molar-refractivity contribution in [3.8, 4) is 0 Å². The van der Waals surface area contributed by atoms with Gasteiger partial charge >= 0.3 is 47.1 Å². The van der Waals surface area contributed by atoms with Gasteiger partial charge in [0.1, 0.15) is 0 Å². The van der Waals surface area contributed by atoms with Crippen molar-refractivity contribution in [2.24, 2.45) is 0 Å². The van der Waals surface area contributed by atoms with Gasteiger partial charge in [0.15, 0.2) is 0 Å². The third-order valence-electron chi connectivity index (χ3n) is 0. The number of hydrogen-bond acceptors (Lipinski definition) is 4. The number of hydrogen-bond donors (Lipinski definition) is 0. The van der Waals surface area contributed by atoms with E-state index in [9.17, 15) is 0 Å². The van der Waals surface area contributed by atoms with Gasteiger partial charge in [0.2, 0.25) is 0 Å². The Morgan fingerprint density at radius 2 is 1.14 bits per heavy atom. The SMILES string of the molecule is [Hg+].[O-]P([O-])([O-])=S.[Zn+2]. The average molecular weight is 377 g/mol. The topological polar surface area (TPSA) is 69.2 Å². The second-order valence-corrected chi connectivity index (χ2v) is 2.68. The summed E-state index contributed by atoms with van der Waals surface area (Å²) in [5.41, 5.74) is 0. The maximum absolute atomic E-state index is 8.92. The van der Waals surface area contributed by atoms with Crippen LogP contribution in [-0.2, 0) is 59.0 Å². The minimum absolute atomic E-state index is 0. The molecule has 0 aromatic carbocycles. The number of rotatable bonds is 0. The molecular weight excluding hydrogens is 377 g/mol. The van der Waals surface area contributed by atoms with E-state index in [2.05, 4.69) is 11.8 Å². The molecule has 0 aliphatic rings. The summed E-state index contributed by atoms with van der Waals surface area (Å²) < 4.78 is 0. The summed E-state index contributed by atoms with van der Waals surface area (Å²) in [6, 6.07) is 0. The third-order valence-corrected chi connectivity index (χ3v) is 0. The summed E-state index contributed by atoms with van der Waals surface area (Å²) in [5.74, 6) is 0. The zero-order valence-electron chi connectivity index (χ0n) is 3.49. The molecule has 0 saturated carbocycles. The summed E-state index contributed by atoms with van der Waals surface area (Å²) in [7, 11) is 0. The Kier molecular flexibility index (Phi) is 14.2. The molecule has 0 unspecified atom stereocenters. The molecule has 0 amide bonds. The van der Waals surface area contributed by atoms with Gasteiger partial charge in [0.05, 0.1) is 0 Å². The van der Waals surface area contributed by atoms with E-state index in [0.29, 0.717) is 0 Å². The summed E-state index contributed by atoms with van der Waals surface area (Å²) in [6.07, 6.45) is 0. The first-order valence-corrected chi connectivity index (χ1v) is 3.29. The first kappa shape index (κ1) is 16.0. The Labute approximate surface area is 79.7 Å². The van der Waals surface area contributed by atoms with Crippen LogP contribution in [0.25, 0.3) is 0 Å². The van der Waals surface area contributed by atoms with Gasteiger partial charge in [0, 0.05) is 0 Å². The molecule has 7 heavy (non-hydrogen) atoms. The van der Waals surface area contributed by atoms with Crippen molar-refractivity contribution in [2.75, 3.05) is 0 Å². The van der Waals surface area contributed by atoms with Gasteiger partial charge in [-0.2, -0.15) is 11.8 Å². The van der Waals surface area contributed by atoms with E-state index in [0.717, 1.165) is 0 Å². The summed E-state index contributed by atoms with van der Waals surface area (Å²) >= 11 is 3.27. The molecular formula is HgO3PSZn. The van der Waals surface area contributed by atoms with Crippen LogP contribution < -0.4 is 14.7 Å². The van der Waals surface area contributed by atoms with Crippen LogP contribution in [0.1, 0.15) is 0 Å². The molecule has 0 N–H and O–H groups in total. The summed E-state index contributed by atoms with van der Waals surface area (Å²) in [4.78, 5) is 26.8.